The zero-order valence-electron chi connectivity index (χ0n) is 13.8. The molecule has 122 valence electrons. The van der Waals surface area contributed by atoms with Gasteiger partial charge in [-0.25, -0.2) is 0 Å². The van der Waals surface area contributed by atoms with E-state index in [-0.39, 0.29) is 11.9 Å². The molecule has 0 spiro atoms. The van der Waals surface area contributed by atoms with E-state index < -0.39 is 0 Å². The minimum atomic E-state index is 0.176. The minimum Gasteiger partial charge on any atom is -0.342 e. The van der Waals surface area contributed by atoms with E-state index in [0.29, 0.717) is 18.3 Å². The Morgan fingerprint density at radius 1 is 1.36 bits per heavy atom. The molecule has 3 atom stereocenters. The molecule has 1 saturated heterocycles. The molecule has 1 heterocycles. The van der Waals surface area contributed by atoms with Crippen LogP contribution >= 0.6 is 11.6 Å². The van der Waals surface area contributed by atoms with Crippen LogP contribution in [0.3, 0.4) is 0 Å². The second kappa shape index (κ2) is 7.98. The van der Waals surface area contributed by atoms with Crippen molar-refractivity contribution >= 4 is 17.5 Å². The summed E-state index contributed by atoms with van der Waals surface area (Å²) < 4.78 is 0. The molecule has 0 saturated carbocycles. The Morgan fingerprint density at radius 3 is 2.64 bits per heavy atom. The summed E-state index contributed by atoms with van der Waals surface area (Å²) in [6.45, 7) is 6.44. The maximum atomic E-state index is 12.4. The van der Waals surface area contributed by atoms with E-state index in [2.05, 4.69) is 19.2 Å². The Hall–Kier alpha value is -1.06. The average Bonchev–Trinajstić information content (AvgIpc) is 3.04. The molecule has 1 aliphatic heterocycles. The highest BCUT2D eigenvalue weighted by molar-refractivity contribution is 6.30. The van der Waals surface area contributed by atoms with Gasteiger partial charge in [-0.2, -0.15) is 0 Å². The average molecular weight is 323 g/mol. The number of rotatable bonds is 6. The van der Waals surface area contributed by atoms with E-state index >= 15 is 0 Å². The van der Waals surface area contributed by atoms with Crippen molar-refractivity contribution < 1.29 is 4.79 Å². The van der Waals surface area contributed by atoms with Crippen molar-refractivity contribution in [2.75, 3.05) is 20.1 Å². The van der Waals surface area contributed by atoms with Crippen LogP contribution in [0.15, 0.2) is 24.3 Å². The fraction of sp³-hybridized carbons (Fsp3) is 0.611. The van der Waals surface area contributed by atoms with Gasteiger partial charge in [0.05, 0.1) is 0 Å². The highest BCUT2D eigenvalue weighted by Gasteiger charge is 2.23. The molecule has 22 heavy (non-hydrogen) atoms. The molecule has 1 aliphatic rings. The number of nitrogens with zero attached hydrogens (tertiary/aromatic N) is 1. The normalized spacial score (nSPS) is 20.6. The summed E-state index contributed by atoms with van der Waals surface area (Å²) in [4.78, 5) is 14.3. The zero-order chi connectivity index (χ0) is 16.1. The van der Waals surface area contributed by atoms with Gasteiger partial charge in [-0.05, 0) is 56.5 Å². The Morgan fingerprint density at radius 2 is 2.05 bits per heavy atom. The Bertz CT molecular complexity index is 482. The number of likely N-dealkylation sites (N-methyl/N-ethyl adjacent to an activating group) is 1. The lowest BCUT2D eigenvalue weighted by Crippen LogP contribution is -2.38. The van der Waals surface area contributed by atoms with Crippen LogP contribution in [0.4, 0.5) is 0 Å². The van der Waals surface area contributed by atoms with Crippen LogP contribution in [-0.2, 0) is 4.79 Å². The van der Waals surface area contributed by atoms with Crippen molar-refractivity contribution in [1.29, 1.82) is 0 Å². The Labute approximate surface area is 139 Å². The van der Waals surface area contributed by atoms with Crippen LogP contribution in [0.5, 0.6) is 0 Å². The highest BCUT2D eigenvalue weighted by atomic mass is 35.5. The maximum Gasteiger partial charge on any atom is 0.222 e. The largest absolute Gasteiger partial charge is 0.342 e. The summed E-state index contributed by atoms with van der Waals surface area (Å²) in [5.74, 6) is 1.21. The summed E-state index contributed by atoms with van der Waals surface area (Å²) in [6, 6.07) is 8.10. The molecule has 2 rings (SSSR count). The third-order valence-electron chi connectivity index (χ3n) is 5.05. The predicted molar refractivity (Wildman–Crippen MR) is 92.3 cm³/mol. The molecular weight excluding hydrogens is 296 g/mol. The standard InChI is InChI=1S/C18H27ClN2O/c1-13(16-5-7-17(19)8-6-16)14(2)21(3)18(22)9-4-15-10-11-20-12-15/h5-8,13-15,20H,4,9-12H2,1-3H3. The van der Waals surface area contributed by atoms with Gasteiger partial charge in [0.25, 0.3) is 0 Å². The number of carbonyl (C=O) groups excluding carboxylic acids is 1. The molecular formula is C18H27ClN2O. The van der Waals surface area contributed by atoms with Crippen molar-refractivity contribution in [2.24, 2.45) is 5.92 Å². The molecule has 1 aromatic rings. The van der Waals surface area contributed by atoms with Crippen molar-refractivity contribution in [3.8, 4) is 0 Å². The molecule has 1 aromatic carbocycles. The molecule has 1 fully saturated rings. The van der Waals surface area contributed by atoms with E-state index in [1.165, 1.54) is 12.0 Å². The third-order valence-corrected chi connectivity index (χ3v) is 5.30. The number of nitrogens with one attached hydrogen (secondary N) is 1. The SMILES string of the molecule is CC(c1ccc(Cl)cc1)C(C)N(C)C(=O)CCC1CCNC1. The molecule has 0 aromatic heterocycles. The van der Waals surface area contributed by atoms with Gasteiger partial charge in [0.15, 0.2) is 0 Å². The van der Waals surface area contributed by atoms with E-state index in [4.69, 9.17) is 11.6 Å². The molecule has 4 heteroatoms. The minimum absolute atomic E-state index is 0.176. The first-order valence-electron chi connectivity index (χ1n) is 8.21. The van der Waals surface area contributed by atoms with Crippen LogP contribution in [-0.4, -0.2) is 37.0 Å². The summed E-state index contributed by atoms with van der Waals surface area (Å²) in [5, 5.41) is 4.10. The summed E-state index contributed by atoms with van der Waals surface area (Å²) in [7, 11) is 1.92. The topological polar surface area (TPSA) is 32.3 Å². The van der Waals surface area contributed by atoms with Gasteiger partial charge in [0.1, 0.15) is 0 Å². The first kappa shape index (κ1) is 17.3. The Balaban J connectivity index is 1.87. The van der Waals surface area contributed by atoms with E-state index in [0.717, 1.165) is 24.5 Å². The first-order chi connectivity index (χ1) is 10.5. The molecule has 0 radical (unpaired) electrons. The van der Waals surface area contributed by atoms with Gasteiger partial charge in [-0.3, -0.25) is 4.79 Å². The van der Waals surface area contributed by atoms with Gasteiger partial charge in [-0.1, -0.05) is 30.7 Å². The van der Waals surface area contributed by atoms with Crippen molar-refractivity contribution in [3.05, 3.63) is 34.9 Å². The van der Waals surface area contributed by atoms with Gasteiger partial charge < -0.3 is 10.2 Å². The van der Waals surface area contributed by atoms with Crippen LogP contribution < -0.4 is 5.32 Å². The molecule has 3 nitrogen and oxygen atoms in total. The molecule has 0 bridgehead atoms. The summed E-state index contributed by atoms with van der Waals surface area (Å²) >= 11 is 5.94. The fourth-order valence-electron chi connectivity index (χ4n) is 3.07. The number of hydrogen-bond donors (Lipinski definition) is 1. The second-order valence-electron chi connectivity index (χ2n) is 6.48. The van der Waals surface area contributed by atoms with Gasteiger partial charge in [0, 0.05) is 30.5 Å². The predicted octanol–water partition coefficient (Wildman–Crippen LogP) is 3.68. The van der Waals surface area contributed by atoms with E-state index in [1.54, 1.807) is 0 Å². The number of halogens is 1. The van der Waals surface area contributed by atoms with Crippen LogP contribution in [0.2, 0.25) is 5.02 Å². The van der Waals surface area contributed by atoms with Gasteiger partial charge >= 0.3 is 0 Å². The smallest absolute Gasteiger partial charge is 0.222 e. The van der Waals surface area contributed by atoms with Crippen molar-refractivity contribution in [3.63, 3.8) is 0 Å². The monoisotopic (exact) mass is 322 g/mol. The van der Waals surface area contributed by atoms with Crippen LogP contribution in [0.25, 0.3) is 0 Å². The van der Waals surface area contributed by atoms with Crippen LogP contribution in [0.1, 0.15) is 44.6 Å². The maximum absolute atomic E-state index is 12.4. The number of amides is 1. The van der Waals surface area contributed by atoms with E-state index in [1.807, 2.05) is 36.2 Å². The summed E-state index contributed by atoms with van der Waals surface area (Å²) in [6.07, 6.45) is 2.85. The Kier molecular flexibility index (Phi) is 6.27. The quantitative estimate of drug-likeness (QED) is 0.866. The highest BCUT2D eigenvalue weighted by Crippen LogP contribution is 2.25. The van der Waals surface area contributed by atoms with Gasteiger partial charge in [-0.15, -0.1) is 0 Å². The zero-order valence-corrected chi connectivity index (χ0v) is 14.6. The van der Waals surface area contributed by atoms with Crippen molar-refractivity contribution in [1.82, 2.24) is 10.2 Å². The third kappa shape index (κ3) is 4.47. The van der Waals surface area contributed by atoms with Crippen LogP contribution in [0, 0.1) is 5.92 Å². The van der Waals surface area contributed by atoms with Crippen molar-refractivity contribution in [2.45, 2.75) is 45.1 Å². The summed E-state index contributed by atoms with van der Waals surface area (Å²) in [5.41, 5.74) is 1.22. The second-order valence-corrected chi connectivity index (χ2v) is 6.92. The fourth-order valence-corrected chi connectivity index (χ4v) is 3.20. The molecule has 1 amide bonds. The number of hydrogen-bond acceptors (Lipinski definition) is 2. The first-order valence-corrected chi connectivity index (χ1v) is 8.58. The lowest BCUT2D eigenvalue weighted by molar-refractivity contribution is -0.132. The molecule has 1 N–H and O–H groups in total. The number of benzene rings is 1. The molecule has 0 aliphatic carbocycles. The van der Waals surface area contributed by atoms with Gasteiger partial charge in [0.2, 0.25) is 5.91 Å². The lowest BCUT2D eigenvalue weighted by Gasteiger charge is -2.30. The molecule has 3 unspecified atom stereocenters. The number of carbonyl (C=O) groups is 1. The van der Waals surface area contributed by atoms with E-state index in [9.17, 15) is 4.79 Å². The lowest BCUT2D eigenvalue weighted by atomic mass is 9.93.